The predicted molar refractivity (Wildman–Crippen MR) is 74.6 cm³/mol. The number of nitrogens with zero attached hydrogens (tertiary/aromatic N) is 2. The van der Waals surface area contributed by atoms with E-state index in [1.165, 1.54) is 0 Å². The quantitative estimate of drug-likeness (QED) is 0.856. The lowest BCUT2D eigenvalue weighted by Gasteiger charge is -2.28. The average Bonchev–Trinajstić information content (AvgIpc) is 2.40. The highest BCUT2D eigenvalue weighted by molar-refractivity contribution is 9.10. The standard InChI is InChI=1S/C14H15BrN2O2/c15-12-2-1-3-13(9-12)19-7-6-17-5-4-11(10-16)8-14(17)18/h1-3,9,11H,4-8H2. The smallest absolute Gasteiger partial charge is 0.224 e. The number of nitriles is 1. The van der Waals surface area contributed by atoms with E-state index in [9.17, 15) is 4.79 Å². The molecule has 1 fully saturated rings. The van der Waals surface area contributed by atoms with E-state index >= 15 is 0 Å². The number of amides is 1. The zero-order valence-electron chi connectivity index (χ0n) is 10.5. The molecule has 0 bridgehead atoms. The lowest BCUT2D eigenvalue weighted by atomic mass is 9.98. The predicted octanol–water partition coefficient (Wildman–Crippen LogP) is 2.59. The number of carbonyl (C=O) groups excluding carboxylic acids is 1. The van der Waals surface area contributed by atoms with E-state index in [2.05, 4.69) is 22.0 Å². The number of carbonyl (C=O) groups is 1. The van der Waals surface area contributed by atoms with Crippen molar-refractivity contribution in [2.45, 2.75) is 12.8 Å². The van der Waals surface area contributed by atoms with Crippen LogP contribution in [0.1, 0.15) is 12.8 Å². The van der Waals surface area contributed by atoms with E-state index in [1.807, 2.05) is 24.3 Å². The van der Waals surface area contributed by atoms with Gasteiger partial charge in [-0.2, -0.15) is 5.26 Å². The Bertz CT molecular complexity index is 498. The molecule has 1 aromatic carbocycles. The molecule has 0 saturated carbocycles. The number of rotatable bonds is 4. The maximum Gasteiger partial charge on any atom is 0.224 e. The van der Waals surface area contributed by atoms with Gasteiger partial charge < -0.3 is 9.64 Å². The van der Waals surface area contributed by atoms with E-state index in [4.69, 9.17) is 10.00 Å². The Labute approximate surface area is 121 Å². The van der Waals surface area contributed by atoms with Crippen LogP contribution < -0.4 is 4.74 Å². The highest BCUT2D eigenvalue weighted by Gasteiger charge is 2.25. The van der Waals surface area contributed by atoms with Crippen LogP contribution in [0, 0.1) is 17.2 Å². The van der Waals surface area contributed by atoms with E-state index in [0.29, 0.717) is 26.1 Å². The van der Waals surface area contributed by atoms with Gasteiger partial charge in [0.2, 0.25) is 5.91 Å². The minimum atomic E-state index is -0.116. The second-order valence-electron chi connectivity index (χ2n) is 4.51. The minimum absolute atomic E-state index is 0.0515. The first-order valence-corrected chi connectivity index (χ1v) is 7.04. The topological polar surface area (TPSA) is 53.3 Å². The van der Waals surface area contributed by atoms with Crippen molar-refractivity contribution in [3.8, 4) is 11.8 Å². The molecule has 0 aromatic heterocycles. The number of hydrogen-bond acceptors (Lipinski definition) is 3. The summed E-state index contributed by atoms with van der Waals surface area (Å²) in [5, 5.41) is 8.80. The summed E-state index contributed by atoms with van der Waals surface area (Å²) in [6.07, 6.45) is 1.10. The molecule has 0 N–H and O–H groups in total. The van der Waals surface area contributed by atoms with Crippen molar-refractivity contribution in [3.05, 3.63) is 28.7 Å². The lowest BCUT2D eigenvalue weighted by Crippen LogP contribution is -2.40. The Kier molecular flexibility index (Phi) is 4.80. The van der Waals surface area contributed by atoms with Gasteiger partial charge in [-0.05, 0) is 24.6 Å². The molecule has 0 spiro atoms. The van der Waals surface area contributed by atoms with Crippen LogP contribution in [-0.2, 0) is 4.79 Å². The first kappa shape index (κ1) is 13.9. The van der Waals surface area contributed by atoms with Crippen LogP contribution >= 0.6 is 15.9 Å². The summed E-state index contributed by atoms with van der Waals surface area (Å²) in [7, 11) is 0. The van der Waals surface area contributed by atoms with E-state index in [-0.39, 0.29) is 11.8 Å². The molecule has 1 atom stereocenters. The molecule has 1 aliphatic rings. The number of piperidine rings is 1. The molecule has 1 amide bonds. The third-order valence-electron chi connectivity index (χ3n) is 3.13. The summed E-state index contributed by atoms with van der Waals surface area (Å²) in [6.45, 7) is 1.70. The number of halogens is 1. The second-order valence-corrected chi connectivity index (χ2v) is 5.42. The normalized spacial score (nSPS) is 19.1. The van der Waals surface area contributed by atoms with Gasteiger partial charge in [-0.25, -0.2) is 0 Å². The van der Waals surface area contributed by atoms with Crippen LogP contribution in [0.2, 0.25) is 0 Å². The number of ether oxygens (including phenoxy) is 1. The van der Waals surface area contributed by atoms with Crippen molar-refractivity contribution in [1.29, 1.82) is 5.26 Å². The van der Waals surface area contributed by atoms with Crippen LogP contribution in [0.3, 0.4) is 0 Å². The molecule has 1 aromatic rings. The molecular formula is C14H15BrN2O2. The van der Waals surface area contributed by atoms with Gasteiger partial charge in [-0.15, -0.1) is 0 Å². The van der Waals surface area contributed by atoms with Crippen molar-refractivity contribution in [2.24, 2.45) is 5.92 Å². The first-order chi connectivity index (χ1) is 9.19. The molecule has 1 heterocycles. The van der Waals surface area contributed by atoms with Crippen molar-refractivity contribution < 1.29 is 9.53 Å². The lowest BCUT2D eigenvalue weighted by molar-refractivity contribution is -0.134. The van der Waals surface area contributed by atoms with Gasteiger partial charge in [0, 0.05) is 17.4 Å². The molecule has 1 aliphatic heterocycles. The molecule has 1 unspecified atom stereocenters. The zero-order chi connectivity index (χ0) is 13.7. The Hall–Kier alpha value is -1.54. The van der Waals surface area contributed by atoms with Crippen molar-refractivity contribution in [3.63, 3.8) is 0 Å². The monoisotopic (exact) mass is 322 g/mol. The van der Waals surface area contributed by atoms with Gasteiger partial charge in [0.25, 0.3) is 0 Å². The van der Waals surface area contributed by atoms with Gasteiger partial charge in [-0.1, -0.05) is 22.0 Å². The van der Waals surface area contributed by atoms with E-state index in [0.717, 1.165) is 16.6 Å². The fourth-order valence-corrected chi connectivity index (χ4v) is 2.43. The summed E-state index contributed by atoms with van der Waals surface area (Å²) in [5.74, 6) is 0.721. The molecule has 4 nitrogen and oxygen atoms in total. The van der Waals surface area contributed by atoms with Crippen LogP contribution in [0.15, 0.2) is 28.7 Å². The SMILES string of the molecule is N#CC1CCN(CCOc2cccc(Br)c2)C(=O)C1. The number of hydrogen-bond donors (Lipinski definition) is 0. The first-order valence-electron chi connectivity index (χ1n) is 6.25. The maximum atomic E-state index is 11.8. The fraction of sp³-hybridized carbons (Fsp3) is 0.429. The van der Waals surface area contributed by atoms with Gasteiger partial charge in [-0.3, -0.25) is 4.79 Å². The molecule has 1 saturated heterocycles. The Morgan fingerprint density at radius 2 is 2.37 bits per heavy atom. The second kappa shape index (κ2) is 6.58. The molecular weight excluding hydrogens is 308 g/mol. The Morgan fingerprint density at radius 3 is 3.05 bits per heavy atom. The van der Waals surface area contributed by atoms with Crippen molar-refractivity contribution in [1.82, 2.24) is 4.90 Å². The molecule has 5 heteroatoms. The third-order valence-corrected chi connectivity index (χ3v) is 3.62. The molecule has 0 aliphatic carbocycles. The van der Waals surface area contributed by atoms with Gasteiger partial charge in [0.05, 0.1) is 18.5 Å². The molecule has 0 radical (unpaired) electrons. The number of likely N-dealkylation sites (tertiary alicyclic amines) is 1. The minimum Gasteiger partial charge on any atom is -0.492 e. The summed E-state index contributed by atoms with van der Waals surface area (Å²) in [5.41, 5.74) is 0. The highest BCUT2D eigenvalue weighted by Crippen LogP contribution is 2.19. The summed E-state index contributed by atoms with van der Waals surface area (Å²) in [4.78, 5) is 13.5. The summed E-state index contributed by atoms with van der Waals surface area (Å²) in [6, 6.07) is 9.77. The third kappa shape index (κ3) is 3.97. The average molecular weight is 323 g/mol. The van der Waals surface area contributed by atoms with E-state index < -0.39 is 0 Å². The van der Waals surface area contributed by atoms with Crippen molar-refractivity contribution in [2.75, 3.05) is 19.7 Å². The molecule has 2 rings (SSSR count). The summed E-state index contributed by atoms with van der Waals surface area (Å²) < 4.78 is 6.57. The van der Waals surface area contributed by atoms with Crippen LogP contribution in [0.4, 0.5) is 0 Å². The molecule has 100 valence electrons. The van der Waals surface area contributed by atoms with Crippen LogP contribution in [0.25, 0.3) is 0 Å². The fourth-order valence-electron chi connectivity index (χ4n) is 2.06. The Balaban J connectivity index is 1.77. The van der Waals surface area contributed by atoms with Gasteiger partial charge >= 0.3 is 0 Å². The number of benzene rings is 1. The van der Waals surface area contributed by atoms with Gasteiger partial charge in [0.1, 0.15) is 12.4 Å². The van der Waals surface area contributed by atoms with Crippen LogP contribution in [-0.4, -0.2) is 30.5 Å². The maximum absolute atomic E-state index is 11.8. The molecule has 19 heavy (non-hydrogen) atoms. The van der Waals surface area contributed by atoms with Gasteiger partial charge in [0.15, 0.2) is 0 Å². The van der Waals surface area contributed by atoms with Crippen molar-refractivity contribution >= 4 is 21.8 Å². The highest BCUT2D eigenvalue weighted by atomic mass is 79.9. The summed E-state index contributed by atoms with van der Waals surface area (Å²) >= 11 is 3.38. The van der Waals surface area contributed by atoms with Crippen LogP contribution in [0.5, 0.6) is 5.75 Å². The Morgan fingerprint density at radius 1 is 1.53 bits per heavy atom. The van der Waals surface area contributed by atoms with E-state index in [1.54, 1.807) is 4.90 Å². The largest absolute Gasteiger partial charge is 0.492 e. The zero-order valence-corrected chi connectivity index (χ0v) is 12.1.